The number of hydrogen-bond acceptors (Lipinski definition) is 8. The monoisotopic (exact) mass is 304 g/mol. The van der Waals surface area contributed by atoms with Crippen molar-refractivity contribution in [2.75, 3.05) is 55.4 Å². The Morgan fingerprint density at radius 1 is 1.24 bits per heavy atom. The molecule has 1 aliphatic rings. The fraction of sp³-hybridized carbons (Fsp3) is 0.727. The quantitative estimate of drug-likeness (QED) is 0.664. The highest BCUT2D eigenvalue weighted by Gasteiger charge is 2.19. The van der Waals surface area contributed by atoms with Gasteiger partial charge in [-0.3, -0.25) is 0 Å². The van der Waals surface area contributed by atoms with Gasteiger partial charge >= 0.3 is 0 Å². The minimum absolute atomic E-state index is 0.135. The average molecular weight is 304 g/mol. The van der Waals surface area contributed by atoms with E-state index in [1.165, 1.54) is 0 Å². The molecule has 1 aromatic heterocycles. The lowest BCUT2D eigenvalue weighted by atomic mass is 10.4. The molecule has 1 fully saturated rings. The van der Waals surface area contributed by atoms with Gasteiger partial charge in [0, 0.05) is 26.7 Å². The Labute approximate surface area is 120 Å². The summed E-state index contributed by atoms with van der Waals surface area (Å²) in [5, 5.41) is 14.5. The maximum absolute atomic E-state index is 12.3. The van der Waals surface area contributed by atoms with E-state index >= 15 is 0 Å². The average Bonchev–Trinajstić information content (AvgIpc) is 2.52. The van der Waals surface area contributed by atoms with Crippen molar-refractivity contribution in [3.8, 4) is 0 Å². The molecule has 0 aromatic carbocycles. The topological polar surface area (TPSA) is 95.4 Å². The molecular weight excluding hydrogens is 286 g/mol. The Morgan fingerprint density at radius 3 is 2.52 bits per heavy atom. The summed E-state index contributed by atoms with van der Waals surface area (Å²) in [6.45, 7) is 2.10. The Hall–Kier alpha value is -1.81. The molecule has 2 heterocycles. The Balaban J connectivity index is 2.09. The van der Waals surface area contributed by atoms with Crippen molar-refractivity contribution in [3.05, 3.63) is 0 Å². The van der Waals surface area contributed by atoms with Crippen molar-refractivity contribution in [3.63, 3.8) is 0 Å². The number of anilines is 3. The molecule has 1 unspecified atom stereocenters. The second-order valence-corrected chi connectivity index (χ2v) is 4.41. The normalized spacial score (nSPS) is 16.9. The van der Waals surface area contributed by atoms with Crippen LogP contribution in [0.15, 0.2) is 0 Å². The summed E-state index contributed by atoms with van der Waals surface area (Å²) in [7, 11) is 1.65. The number of aromatic nitrogens is 3. The lowest BCUT2D eigenvalue weighted by molar-refractivity contribution is 0.00376. The molecule has 0 radical (unpaired) electrons. The first-order valence-electron chi connectivity index (χ1n) is 6.56. The van der Waals surface area contributed by atoms with Gasteiger partial charge in [-0.15, -0.1) is 0 Å². The van der Waals surface area contributed by atoms with Crippen LogP contribution < -0.4 is 15.5 Å². The molecule has 0 aliphatic carbocycles. The fourth-order valence-electron chi connectivity index (χ4n) is 1.75. The number of alkyl halides is 2. The number of aliphatic hydroxyl groups excluding tert-OH is 1. The van der Waals surface area contributed by atoms with Gasteiger partial charge in [0.2, 0.25) is 17.8 Å². The second kappa shape index (κ2) is 7.27. The molecule has 0 saturated carbocycles. The Bertz CT molecular complexity index is 458. The number of rotatable bonds is 6. The van der Waals surface area contributed by atoms with E-state index in [9.17, 15) is 8.78 Å². The Kier molecular flexibility index (Phi) is 5.39. The highest BCUT2D eigenvalue weighted by molar-refractivity contribution is 5.43. The van der Waals surface area contributed by atoms with Gasteiger partial charge < -0.3 is 25.4 Å². The molecular formula is C11H18F2N6O2. The fourth-order valence-corrected chi connectivity index (χ4v) is 1.75. The zero-order valence-corrected chi connectivity index (χ0v) is 11.6. The van der Waals surface area contributed by atoms with E-state index in [4.69, 9.17) is 9.84 Å². The number of halogens is 2. The Morgan fingerprint density at radius 2 is 1.90 bits per heavy atom. The highest BCUT2D eigenvalue weighted by Crippen LogP contribution is 2.15. The molecule has 0 bridgehead atoms. The van der Waals surface area contributed by atoms with Crippen LogP contribution in [0.5, 0.6) is 0 Å². The SMILES string of the molecule is CNc1nc(NCC(O)C(F)F)nc(N2CCOCC2)n1. The van der Waals surface area contributed by atoms with Gasteiger partial charge in [0.15, 0.2) is 0 Å². The predicted octanol–water partition coefficient (Wildman–Crippen LogP) is -0.212. The van der Waals surface area contributed by atoms with Crippen molar-refractivity contribution < 1.29 is 18.6 Å². The molecule has 118 valence electrons. The van der Waals surface area contributed by atoms with E-state index < -0.39 is 12.5 Å². The summed E-state index contributed by atoms with van der Waals surface area (Å²) in [5.41, 5.74) is 0. The zero-order valence-electron chi connectivity index (χ0n) is 11.6. The van der Waals surface area contributed by atoms with Gasteiger partial charge in [-0.05, 0) is 0 Å². The largest absolute Gasteiger partial charge is 0.385 e. The van der Waals surface area contributed by atoms with Crippen LogP contribution in [0.25, 0.3) is 0 Å². The molecule has 2 rings (SSSR count). The molecule has 0 spiro atoms. The van der Waals surface area contributed by atoms with Gasteiger partial charge in [-0.2, -0.15) is 15.0 Å². The maximum Gasteiger partial charge on any atom is 0.265 e. The number of aliphatic hydroxyl groups is 1. The smallest absolute Gasteiger partial charge is 0.265 e. The van der Waals surface area contributed by atoms with Crippen LogP contribution in [0.3, 0.4) is 0 Å². The summed E-state index contributed by atoms with van der Waals surface area (Å²) in [6.07, 6.45) is -4.59. The lowest BCUT2D eigenvalue weighted by Gasteiger charge is -2.27. The van der Waals surface area contributed by atoms with Crippen molar-refractivity contribution in [1.82, 2.24) is 15.0 Å². The van der Waals surface area contributed by atoms with Gasteiger partial charge in [-0.1, -0.05) is 0 Å². The maximum atomic E-state index is 12.3. The minimum atomic E-state index is -2.82. The third kappa shape index (κ3) is 4.33. The molecule has 21 heavy (non-hydrogen) atoms. The molecule has 8 nitrogen and oxygen atoms in total. The predicted molar refractivity (Wildman–Crippen MR) is 72.9 cm³/mol. The number of hydrogen-bond donors (Lipinski definition) is 3. The van der Waals surface area contributed by atoms with E-state index in [1.807, 2.05) is 4.90 Å². The first-order valence-corrected chi connectivity index (χ1v) is 6.56. The van der Waals surface area contributed by atoms with Crippen LogP contribution in [-0.2, 0) is 4.74 Å². The summed E-state index contributed by atoms with van der Waals surface area (Å²) >= 11 is 0. The van der Waals surface area contributed by atoms with Crippen molar-refractivity contribution in [2.24, 2.45) is 0 Å². The van der Waals surface area contributed by atoms with E-state index in [1.54, 1.807) is 7.05 Å². The number of morpholine rings is 1. The van der Waals surface area contributed by atoms with E-state index in [2.05, 4.69) is 25.6 Å². The van der Waals surface area contributed by atoms with Crippen molar-refractivity contribution in [2.45, 2.75) is 12.5 Å². The van der Waals surface area contributed by atoms with Crippen molar-refractivity contribution >= 4 is 17.8 Å². The highest BCUT2D eigenvalue weighted by atomic mass is 19.3. The number of nitrogens with one attached hydrogen (secondary N) is 2. The van der Waals surface area contributed by atoms with Gasteiger partial charge in [-0.25, -0.2) is 8.78 Å². The van der Waals surface area contributed by atoms with Crippen LogP contribution in [0.4, 0.5) is 26.6 Å². The van der Waals surface area contributed by atoms with Crippen LogP contribution in [0.1, 0.15) is 0 Å². The van der Waals surface area contributed by atoms with Crippen LogP contribution in [0, 0.1) is 0 Å². The van der Waals surface area contributed by atoms with Crippen LogP contribution >= 0.6 is 0 Å². The van der Waals surface area contributed by atoms with Gasteiger partial charge in [0.1, 0.15) is 6.10 Å². The van der Waals surface area contributed by atoms with E-state index in [0.717, 1.165) is 0 Å². The van der Waals surface area contributed by atoms with Crippen LogP contribution in [-0.4, -0.2) is 72.5 Å². The van der Waals surface area contributed by atoms with E-state index in [0.29, 0.717) is 38.2 Å². The molecule has 1 aliphatic heterocycles. The molecule has 1 aromatic rings. The molecule has 0 amide bonds. The summed E-state index contributed by atoms with van der Waals surface area (Å²) in [6, 6.07) is 0. The third-order valence-electron chi connectivity index (χ3n) is 2.90. The summed E-state index contributed by atoms with van der Waals surface area (Å²) in [5.74, 6) is 0.891. The van der Waals surface area contributed by atoms with Crippen molar-refractivity contribution in [1.29, 1.82) is 0 Å². The molecule has 10 heteroatoms. The lowest BCUT2D eigenvalue weighted by Crippen LogP contribution is -2.37. The summed E-state index contributed by atoms with van der Waals surface area (Å²) in [4.78, 5) is 14.3. The molecule has 3 N–H and O–H groups in total. The standard InChI is InChI=1S/C11H18F2N6O2/c1-14-9-16-10(15-6-7(20)8(12)13)18-11(17-9)19-2-4-21-5-3-19/h7-8,20H,2-6H2,1H3,(H2,14,15,16,17,18). The van der Waals surface area contributed by atoms with E-state index in [-0.39, 0.29) is 12.5 Å². The summed E-state index contributed by atoms with van der Waals surface area (Å²) < 4.78 is 29.8. The number of nitrogens with zero attached hydrogens (tertiary/aromatic N) is 4. The molecule has 1 atom stereocenters. The van der Waals surface area contributed by atoms with Gasteiger partial charge in [0.05, 0.1) is 13.2 Å². The first-order chi connectivity index (χ1) is 10.1. The third-order valence-corrected chi connectivity index (χ3v) is 2.90. The first kappa shape index (κ1) is 15.6. The van der Waals surface area contributed by atoms with Gasteiger partial charge in [0.25, 0.3) is 6.43 Å². The zero-order chi connectivity index (χ0) is 15.2. The second-order valence-electron chi connectivity index (χ2n) is 4.41. The minimum Gasteiger partial charge on any atom is -0.385 e. The van der Waals surface area contributed by atoms with Crippen LogP contribution in [0.2, 0.25) is 0 Å². The number of ether oxygens (including phenoxy) is 1. The molecule has 1 saturated heterocycles.